The number of benzene rings is 1. The maximum atomic E-state index is 10.7. The third-order valence-electron chi connectivity index (χ3n) is 3.60. The van der Waals surface area contributed by atoms with Gasteiger partial charge in [-0.15, -0.1) is 0 Å². The summed E-state index contributed by atoms with van der Waals surface area (Å²) >= 11 is 0. The molecule has 0 amide bonds. The molecule has 0 spiro atoms. The molecule has 1 unspecified atom stereocenters. The first kappa shape index (κ1) is 12.0. The van der Waals surface area contributed by atoms with E-state index in [1.54, 1.807) is 25.0 Å². The average molecular weight is 259 g/mol. The van der Waals surface area contributed by atoms with E-state index in [0.29, 0.717) is 11.4 Å². The lowest BCUT2D eigenvalue weighted by atomic mass is 10.0. The molecule has 100 valence electrons. The summed E-state index contributed by atoms with van der Waals surface area (Å²) in [6, 6.07) is 6.01. The number of hydrogen-bond acceptors (Lipinski definition) is 4. The third-order valence-corrected chi connectivity index (χ3v) is 3.60. The minimum atomic E-state index is -0.747. The highest BCUT2D eigenvalue weighted by Gasteiger charge is 2.25. The number of hydrogen-bond donors (Lipinski definition) is 2. The van der Waals surface area contributed by atoms with Gasteiger partial charge in [-0.1, -0.05) is 18.2 Å². The minimum Gasteiger partial charge on any atom is -0.493 e. The number of aliphatic hydroxyl groups is 1. The molecule has 5 heteroatoms. The number of fused-ring (bicyclic) bond motifs is 1. The second-order valence-electron chi connectivity index (χ2n) is 4.68. The highest BCUT2D eigenvalue weighted by Crippen LogP contribution is 2.36. The summed E-state index contributed by atoms with van der Waals surface area (Å²) in [5, 5.41) is 18.1. The maximum absolute atomic E-state index is 10.7. The van der Waals surface area contributed by atoms with Crippen LogP contribution in [0.4, 0.5) is 5.69 Å². The Balaban J connectivity index is 2.07. The smallest absolute Gasteiger partial charge is 0.162 e. The van der Waals surface area contributed by atoms with Crippen molar-refractivity contribution in [2.24, 2.45) is 7.05 Å². The van der Waals surface area contributed by atoms with E-state index in [0.717, 1.165) is 24.2 Å². The van der Waals surface area contributed by atoms with Gasteiger partial charge in [0.05, 0.1) is 13.3 Å². The van der Waals surface area contributed by atoms with Crippen molar-refractivity contribution in [1.82, 2.24) is 9.78 Å². The van der Waals surface area contributed by atoms with Crippen LogP contribution >= 0.6 is 0 Å². The Bertz CT molecular complexity index is 607. The van der Waals surface area contributed by atoms with Gasteiger partial charge in [-0.25, -0.2) is 0 Å². The van der Waals surface area contributed by atoms with Gasteiger partial charge in [-0.3, -0.25) is 4.68 Å². The number of aliphatic hydroxyl groups excluding tert-OH is 1. The minimum absolute atomic E-state index is 0.602. The number of methoxy groups -OCH3 is 1. The van der Waals surface area contributed by atoms with Crippen LogP contribution < -0.4 is 10.1 Å². The number of nitrogens with one attached hydrogen (secondary N) is 1. The summed E-state index contributed by atoms with van der Waals surface area (Å²) in [5.74, 6) is 0.602. The van der Waals surface area contributed by atoms with Gasteiger partial charge in [0, 0.05) is 24.8 Å². The van der Waals surface area contributed by atoms with Crippen molar-refractivity contribution in [2.45, 2.75) is 12.5 Å². The molecule has 0 radical (unpaired) electrons. The molecular weight excluding hydrogens is 242 g/mol. The van der Waals surface area contributed by atoms with Crippen LogP contribution in [0.2, 0.25) is 0 Å². The zero-order chi connectivity index (χ0) is 13.4. The Hall–Kier alpha value is -2.01. The number of aryl methyl sites for hydroxylation is 1. The van der Waals surface area contributed by atoms with Crippen LogP contribution in [0.5, 0.6) is 5.75 Å². The van der Waals surface area contributed by atoms with Crippen molar-refractivity contribution in [2.75, 3.05) is 19.0 Å². The van der Waals surface area contributed by atoms with Crippen LogP contribution in [0.1, 0.15) is 22.9 Å². The molecular formula is C14H17N3O2. The molecule has 1 aromatic heterocycles. The predicted octanol–water partition coefficient (Wildman–Crippen LogP) is 1.48. The molecule has 0 aliphatic carbocycles. The second kappa shape index (κ2) is 4.59. The number of para-hydroxylation sites is 1. The Labute approximate surface area is 111 Å². The molecule has 0 bridgehead atoms. The SMILES string of the molecule is COc1cnn(C)c1C(O)c1cccc2c1NCC2. The van der Waals surface area contributed by atoms with Crippen LogP contribution in [0.3, 0.4) is 0 Å². The third kappa shape index (κ3) is 1.86. The lowest BCUT2D eigenvalue weighted by Gasteiger charge is -2.16. The zero-order valence-electron chi connectivity index (χ0n) is 11.1. The van der Waals surface area contributed by atoms with Gasteiger partial charge in [0.15, 0.2) is 5.75 Å². The number of aromatic nitrogens is 2. The zero-order valence-corrected chi connectivity index (χ0v) is 11.1. The first-order valence-electron chi connectivity index (χ1n) is 6.32. The van der Waals surface area contributed by atoms with Crippen LogP contribution in [0.25, 0.3) is 0 Å². The van der Waals surface area contributed by atoms with Crippen molar-refractivity contribution in [3.8, 4) is 5.75 Å². The molecule has 2 N–H and O–H groups in total. The standard InChI is InChI=1S/C14H17N3O2/c1-17-13(11(19-2)8-16-17)14(18)10-5-3-4-9-6-7-15-12(9)10/h3-5,8,14-15,18H,6-7H2,1-2H3. The molecule has 5 nitrogen and oxygen atoms in total. The number of ether oxygens (including phenoxy) is 1. The quantitative estimate of drug-likeness (QED) is 0.876. The molecule has 1 aliphatic rings. The van der Waals surface area contributed by atoms with Gasteiger partial charge in [0.25, 0.3) is 0 Å². The molecule has 0 saturated carbocycles. The Morgan fingerprint density at radius 1 is 1.47 bits per heavy atom. The molecule has 2 heterocycles. The Kier molecular flexibility index (Phi) is 2.91. The fourth-order valence-electron chi connectivity index (χ4n) is 2.64. The Morgan fingerprint density at radius 2 is 2.32 bits per heavy atom. The summed E-state index contributed by atoms with van der Waals surface area (Å²) in [6.07, 6.45) is 1.87. The first-order chi connectivity index (χ1) is 9.22. The number of nitrogens with zero attached hydrogens (tertiary/aromatic N) is 2. The fraction of sp³-hybridized carbons (Fsp3) is 0.357. The molecule has 1 aliphatic heterocycles. The number of anilines is 1. The summed E-state index contributed by atoms with van der Waals surface area (Å²) in [7, 11) is 3.39. The lowest BCUT2D eigenvalue weighted by molar-refractivity contribution is 0.205. The van der Waals surface area contributed by atoms with Gasteiger partial charge < -0.3 is 15.2 Å². The van der Waals surface area contributed by atoms with Gasteiger partial charge >= 0.3 is 0 Å². The highest BCUT2D eigenvalue weighted by atomic mass is 16.5. The molecule has 3 rings (SSSR count). The van der Waals surface area contributed by atoms with Crippen molar-refractivity contribution in [3.05, 3.63) is 41.2 Å². The van der Waals surface area contributed by atoms with Gasteiger partial charge in [-0.05, 0) is 12.0 Å². The van der Waals surface area contributed by atoms with Crippen LogP contribution in [-0.2, 0) is 13.5 Å². The van der Waals surface area contributed by atoms with E-state index in [1.165, 1.54) is 5.56 Å². The molecule has 2 aromatic rings. The van der Waals surface area contributed by atoms with E-state index in [4.69, 9.17) is 4.74 Å². The maximum Gasteiger partial charge on any atom is 0.162 e. The van der Waals surface area contributed by atoms with Crippen molar-refractivity contribution < 1.29 is 9.84 Å². The van der Waals surface area contributed by atoms with E-state index in [9.17, 15) is 5.11 Å². The van der Waals surface area contributed by atoms with Crippen molar-refractivity contribution in [1.29, 1.82) is 0 Å². The summed E-state index contributed by atoms with van der Waals surface area (Å²) in [4.78, 5) is 0. The molecule has 19 heavy (non-hydrogen) atoms. The summed E-state index contributed by atoms with van der Waals surface area (Å²) in [6.45, 7) is 0.918. The molecule has 0 saturated heterocycles. The largest absolute Gasteiger partial charge is 0.493 e. The van der Waals surface area contributed by atoms with E-state index >= 15 is 0 Å². The van der Waals surface area contributed by atoms with E-state index in [1.807, 2.05) is 12.1 Å². The number of rotatable bonds is 3. The van der Waals surface area contributed by atoms with E-state index in [2.05, 4.69) is 16.5 Å². The van der Waals surface area contributed by atoms with Crippen LogP contribution in [0.15, 0.2) is 24.4 Å². The fourth-order valence-corrected chi connectivity index (χ4v) is 2.64. The molecule has 1 aromatic carbocycles. The van der Waals surface area contributed by atoms with Crippen LogP contribution in [-0.4, -0.2) is 28.5 Å². The summed E-state index contributed by atoms with van der Waals surface area (Å²) < 4.78 is 6.92. The van der Waals surface area contributed by atoms with Crippen molar-refractivity contribution in [3.63, 3.8) is 0 Å². The predicted molar refractivity (Wildman–Crippen MR) is 72.5 cm³/mol. The van der Waals surface area contributed by atoms with Crippen molar-refractivity contribution >= 4 is 5.69 Å². The summed E-state index contributed by atoms with van der Waals surface area (Å²) in [5.41, 5.74) is 3.83. The Morgan fingerprint density at radius 3 is 3.11 bits per heavy atom. The van der Waals surface area contributed by atoms with E-state index < -0.39 is 6.10 Å². The molecule has 0 fully saturated rings. The average Bonchev–Trinajstić information content (AvgIpc) is 3.03. The lowest BCUT2D eigenvalue weighted by Crippen LogP contribution is -2.10. The van der Waals surface area contributed by atoms with Gasteiger partial charge in [0.2, 0.25) is 0 Å². The van der Waals surface area contributed by atoms with Crippen LogP contribution in [0, 0.1) is 0 Å². The topological polar surface area (TPSA) is 59.3 Å². The molecule has 1 atom stereocenters. The monoisotopic (exact) mass is 259 g/mol. The van der Waals surface area contributed by atoms with E-state index in [-0.39, 0.29) is 0 Å². The second-order valence-corrected chi connectivity index (χ2v) is 4.68. The normalized spacial score (nSPS) is 14.9. The van der Waals surface area contributed by atoms with Gasteiger partial charge in [-0.2, -0.15) is 5.10 Å². The van der Waals surface area contributed by atoms with Gasteiger partial charge in [0.1, 0.15) is 11.8 Å². The highest BCUT2D eigenvalue weighted by molar-refractivity contribution is 5.63. The first-order valence-corrected chi connectivity index (χ1v) is 6.32.